The van der Waals surface area contributed by atoms with Crippen molar-refractivity contribution in [2.24, 2.45) is 0 Å². The van der Waals surface area contributed by atoms with Crippen molar-refractivity contribution < 1.29 is 19.4 Å². The van der Waals surface area contributed by atoms with Crippen molar-refractivity contribution in [1.29, 1.82) is 0 Å². The number of ether oxygens (including phenoxy) is 2. The summed E-state index contributed by atoms with van der Waals surface area (Å²) in [6.45, 7) is 5.81. The molecule has 9 nitrogen and oxygen atoms in total. The van der Waals surface area contributed by atoms with Crippen LogP contribution >= 0.6 is 0 Å². The van der Waals surface area contributed by atoms with Gasteiger partial charge in [0.25, 0.3) is 5.91 Å². The Morgan fingerprint density at radius 3 is 2.74 bits per heavy atom. The maximum atomic E-state index is 12.9. The molecule has 4 aromatic rings. The molecule has 1 aromatic carbocycles. The number of pyridine rings is 1. The first-order valence-corrected chi connectivity index (χ1v) is 11.0. The van der Waals surface area contributed by atoms with Crippen LogP contribution in [0, 0.1) is 6.92 Å². The summed E-state index contributed by atoms with van der Waals surface area (Å²) in [7, 11) is 0. The Kier molecular flexibility index (Phi) is 6.85. The lowest BCUT2D eigenvalue weighted by molar-refractivity contribution is -0.176. The summed E-state index contributed by atoms with van der Waals surface area (Å²) < 4.78 is 12.7. The van der Waals surface area contributed by atoms with Crippen molar-refractivity contribution in [3.05, 3.63) is 72.2 Å². The van der Waals surface area contributed by atoms with Crippen molar-refractivity contribution >= 4 is 17.4 Å². The zero-order valence-corrected chi connectivity index (χ0v) is 19.4. The Morgan fingerprint density at radius 2 is 1.97 bits per heavy atom. The SMILES string of the molecule is Cc1nc2ccc(-c3cccc(OCCCOC(C)(C)O)c3)nn2c1C(=O)Nc1ccccn1. The molecule has 0 fully saturated rings. The zero-order chi connectivity index (χ0) is 24.1. The number of hydrogen-bond donors (Lipinski definition) is 2. The standard InChI is InChI=1S/C25H27N5O4/c1-17-23(24(31)28-21-10-4-5-13-26-21)30-22(27-17)12-11-20(29-30)18-8-6-9-19(16-18)33-14-7-15-34-25(2,3)32/h4-6,8-13,16,32H,7,14-15H2,1-3H3,(H,26,28,31). The quantitative estimate of drug-likeness (QED) is 0.288. The van der Waals surface area contributed by atoms with Gasteiger partial charge in [-0.05, 0) is 57.2 Å². The number of imidazole rings is 1. The fourth-order valence-corrected chi connectivity index (χ4v) is 3.39. The van der Waals surface area contributed by atoms with Gasteiger partial charge >= 0.3 is 0 Å². The van der Waals surface area contributed by atoms with Crippen LogP contribution in [-0.4, -0.2) is 49.6 Å². The van der Waals surface area contributed by atoms with E-state index in [9.17, 15) is 9.90 Å². The third kappa shape index (κ3) is 5.75. The van der Waals surface area contributed by atoms with Gasteiger partial charge in [0.1, 0.15) is 11.6 Å². The Hall–Kier alpha value is -3.82. The Balaban J connectivity index is 1.52. The second kappa shape index (κ2) is 9.98. The molecule has 0 bridgehead atoms. The van der Waals surface area contributed by atoms with Crippen molar-refractivity contribution in [3.8, 4) is 17.0 Å². The largest absolute Gasteiger partial charge is 0.493 e. The second-order valence-electron chi connectivity index (χ2n) is 8.23. The summed E-state index contributed by atoms with van der Waals surface area (Å²) in [5.74, 6) is -0.337. The number of amides is 1. The van der Waals surface area contributed by atoms with Crippen molar-refractivity contribution in [2.45, 2.75) is 33.0 Å². The van der Waals surface area contributed by atoms with Crippen LogP contribution in [0.5, 0.6) is 5.75 Å². The average molecular weight is 462 g/mol. The molecule has 0 aliphatic carbocycles. The highest BCUT2D eigenvalue weighted by Gasteiger charge is 2.19. The molecule has 0 aliphatic heterocycles. The number of anilines is 1. The lowest BCUT2D eigenvalue weighted by Gasteiger charge is -2.18. The van der Waals surface area contributed by atoms with Crippen LogP contribution in [0.4, 0.5) is 5.82 Å². The lowest BCUT2D eigenvalue weighted by atomic mass is 10.1. The van der Waals surface area contributed by atoms with E-state index in [1.807, 2.05) is 36.4 Å². The zero-order valence-electron chi connectivity index (χ0n) is 19.4. The molecule has 0 radical (unpaired) electrons. The molecule has 0 saturated carbocycles. The molecule has 4 rings (SSSR count). The van der Waals surface area contributed by atoms with Gasteiger partial charge in [0.2, 0.25) is 0 Å². The summed E-state index contributed by atoms with van der Waals surface area (Å²) in [6, 6.07) is 16.6. The summed E-state index contributed by atoms with van der Waals surface area (Å²) >= 11 is 0. The first-order chi connectivity index (χ1) is 16.3. The van der Waals surface area contributed by atoms with Crippen LogP contribution in [0.25, 0.3) is 16.9 Å². The minimum Gasteiger partial charge on any atom is -0.493 e. The number of aryl methyl sites for hydroxylation is 1. The number of nitrogens with one attached hydrogen (secondary N) is 1. The maximum Gasteiger partial charge on any atom is 0.277 e. The van der Waals surface area contributed by atoms with E-state index >= 15 is 0 Å². The number of fused-ring (bicyclic) bond motifs is 1. The molecule has 3 heterocycles. The molecule has 9 heteroatoms. The number of nitrogens with zero attached hydrogens (tertiary/aromatic N) is 4. The van der Waals surface area contributed by atoms with Crippen LogP contribution in [0.1, 0.15) is 36.5 Å². The summed E-state index contributed by atoms with van der Waals surface area (Å²) in [6.07, 6.45) is 2.25. The van der Waals surface area contributed by atoms with Gasteiger partial charge in [0, 0.05) is 18.2 Å². The number of carbonyl (C=O) groups is 1. The van der Waals surface area contributed by atoms with Crippen molar-refractivity contribution in [2.75, 3.05) is 18.5 Å². The van der Waals surface area contributed by atoms with Crippen LogP contribution < -0.4 is 10.1 Å². The van der Waals surface area contributed by atoms with Gasteiger partial charge in [-0.2, -0.15) is 5.10 Å². The molecule has 0 unspecified atom stereocenters. The molecular formula is C25H27N5O4. The molecule has 3 aromatic heterocycles. The first kappa shape index (κ1) is 23.3. The molecule has 0 spiro atoms. The van der Waals surface area contributed by atoms with Gasteiger partial charge in [-0.15, -0.1) is 0 Å². The first-order valence-electron chi connectivity index (χ1n) is 11.0. The molecule has 0 saturated heterocycles. The number of hydrogen-bond acceptors (Lipinski definition) is 7. The van der Waals surface area contributed by atoms with Gasteiger partial charge in [0.05, 0.1) is 24.6 Å². The van der Waals surface area contributed by atoms with E-state index in [-0.39, 0.29) is 5.91 Å². The van der Waals surface area contributed by atoms with E-state index in [2.05, 4.69) is 20.4 Å². The normalized spacial score (nSPS) is 11.5. The van der Waals surface area contributed by atoms with Crippen LogP contribution in [0.3, 0.4) is 0 Å². The fraction of sp³-hybridized carbons (Fsp3) is 0.280. The van der Waals surface area contributed by atoms with Crippen molar-refractivity contribution in [3.63, 3.8) is 0 Å². The van der Waals surface area contributed by atoms with Crippen LogP contribution in [0.2, 0.25) is 0 Å². The number of aromatic nitrogens is 4. The Morgan fingerprint density at radius 1 is 1.12 bits per heavy atom. The number of carbonyl (C=O) groups excluding carboxylic acids is 1. The monoisotopic (exact) mass is 461 g/mol. The summed E-state index contributed by atoms with van der Waals surface area (Å²) in [5.41, 5.74) is 3.01. The molecular weight excluding hydrogens is 434 g/mol. The highest BCUT2D eigenvalue weighted by molar-refractivity contribution is 6.03. The van der Waals surface area contributed by atoms with E-state index in [1.54, 1.807) is 49.7 Å². The average Bonchev–Trinajstić information content (AvgIpc) is 3.14. The molecule has 34 heavy (non-hydrogen) atoms. The van der Waals surface area contributed by atoms with Crippen molar-refractivity contribution in [1.82, 2.24) is 19.6 Å². The van der Waals surface area contributed by atoms with Crippen LogP contribution in [0.15, 0.2) is 60.8 Å². The molecule has 0 aliphatic rings. The van der Waals surface area contributed by atoms with E-state index < -0.39 is 5.79 Å². The van der Waals surface area contributed by atoms with Crippen LogP contribution in [-0.2, 0) is 4.74 Å². The van der Waals surface area contributed by atoms with E-state index in [1.165, 1.54) is 0 Å². The third-order valence-electron chi connectivity index (χ3n) is 4.92. The second-order valence-corrected chi connectivity index (χ2v) is 8.23. The molecule has 1 amide bonds. The smallest absolute Gasteiger partial charge is 0.277 e. The maximum absolute atomic E-state index is 12.9. The van der Waals surface area contributed by atoms with Gasteiger partial charge < -0.3 is 19.9 Å². The summed E-state index contributed by atoms with van der Waals surface area (Å²) in [4.78, 5) is 21.6. The highest BCUT2D eigenvalue weighted by Crippen LogP contribution is 2.24. The number of aliphatic hydroxyl groups is 1. The minimum absolute atomic E-state index is 0.335. The molecule has 176 valence electrons. The third-order valence-corrected chi connectivity index (χ3v) is 4.92. The van der Waals surface area contributed by atoms with E-state index in [0.717, 1.165) is 5.56 Å². The van der Waals surface area contributed by atoms with Gasteiger partial charge in [-0.25, -0.2) is 14.5 Å². The lowest BCUT2D eigenvalue weighted by Crippen LogP contribution is -2.24. The topological polar surface area (TPSA) is 111 Å². The summed E-state index contributed by atoms with van der Waals surface area (Å²) in [5, 5.41) is 17.1. The number of benzene rings is 1. The van der Waals surface area contributed by atoms with Gasteiger partial charge in [-0.3, -0.25) is 4.79 Å². The van der Waals surface area contributed by atoms with Gasteiger partial charge in [0.15, 0.2) is 17.1 Å². The Labute approximate surface area is 197 Å². The molecule has 0 atom stereocenters. The van der Waals surface area contributed by atoms with E-state index in [0.29, 0.717) is 53.9 Å². The predicted molar refractivity (Wildman–Crippen MR) is 128 cm³/mol. The fourth-order valence-electron chi connectivity index (χ4n) is 3.39. The highest BCUT2D eigenvalue weighted by atomic mass is 16.6. The molecule has 2 N–H and O–H groups in total. The Bertz CT molecular complexity index is 1280. The van der Waals surface area contributed by atoms with E-state index in [4.69, 9.17) is 9.47 Å². The minimum atomic E-state index is -1.15. The van der Waals surface area contributed by atoms with Gasteiger partial charge in [-0.1, -0.05) is 18.2 Å². The predicted octanol–water partition coefficient (Wildman–Crippen LogP) is 3.87. The number of rotatable bonds is 9.